The van der Waals surface area contributed by atoms with Crippen LogP contribution in [0.2, 0.25) is 0 Å². The lowest BCUT2D eigenvalue weighted by molar-refractivity contribution is -0.126. The number of carbonyl (C=O) groups excluding carboxylic acids is 2. The van der Waals surface area contributed by atoms with E-state index in [9.17, 15) is 9.59 Å². The van der Waals surface area contributed by atoms with Crippen LogP contribution in [0.5, 0.6) is 0 Å². The van der Waals surface area contributed by atoms with E-state index >= 15 is 0 Å². The highest BCUT2D eigenvalue weighted by atomic mass is 16.2. The number of hydrogen-bond donors (Lipinski definition) is 2. The molecule has 2 N–H and O–H groups in total. The van der Waals surface area contributed by atoms with Gasteiger partial charge in [0.1, 0.15) is 0 Å². The smallest absolute Gasteiger partial charge is 0.251 e. The Morgan fingerprint density at radius 3 is 2.40 bits per heavy atom. The average Bonchev–Trinajstić information content (AvgIpc) is 3.25. The average molecular weight is 407 g/mol. The standard InChI is InChI=1S/C24H30N4O2/c29-23(19-9-13-25-14-10-19)27-22-8-4-7-21(22)24(30)26-20-11-15-28(16-12-20)17-18-5-2-1-3-6-18/h1-3,5-6,9-10,13-14,20-22H,4,7-8,11-12,15-17H2,(H,26,30)(H,27,29)/t21-,22+/m0/s1. The first kappa shape index (κ1) is 20.5. The van der Waals surface area contributed by atoms with Crippen molar-refractivity contribution in [2.45, 2.75) is 50.7 Å². The predicted molar refractivity (Wildman–Crippen MR) is 116 cm³/mol. The number of likely N-dealkylation sites (tertiary alicyclic amines) is 1. The summed E-state index contributed by atoms with van der Waals surface area (Å²) in [6.45, 7) is 2.95. The normalized spacial score (nSPS) is 22.5. The van der Waals surface area contributed by atoms with E-state index in [1.807, 2.05) is 6.07 Å². The summed E-state index contributed by atoms with van der Waals surface area (Å²) in [5.74, 6) is -0.177. The van der Waals surface area contributed by atoms with Gasteiger partial charge in [-0.05, 0) is 43.4 Å². The highest BCUT2D eigenvalue weighted by Crippen LogP contribution is 2.27. The Bertz CT molecular complexity index is 835. The van der Waals surface area contributed by atoms with E-state index in [4.69, 9.17) is 0 Å². The van der Waals surface area contributed by atoms with Crippen molar-refractivity contribution in [3.63, 3.8) is 0 Å². The predicted octanol–water partition coefficient (Wildman–Crippen LogP) is 2.76. The van der Waals surface area contributed by atoms with E-state index in [-0.39, 0.29) is 29.8 Å². The maximum atomic E-state index is 12.9. The molecule has 2 fully saturated rings. The van der Waals surface area contributed by atoms with Crippen LogP contribution in [0.25, 0.3) is 0 Å². The van der Waals surface area contributed by atoms with E-state index in [0.29, 0.717) is 5.56 Å². The second kappa shape index (κ2) is 9.85. The first-order valence-corrected chi connectivity index (χ1v) is 11.0. The molecule has 2 amide bonds. The van der Waals surface area contributed by atoms with Gasteiger partial charge >= 0.3 is 0 Å². The Labute approximate surface area is 178 Å². The van der Waals surface area contributed by atoms with Gasteiger partial charge in [-0.1, -0.05) is 36.8 Å². The molecule has 2 aliphatic rings. The summed E-state index contributed by atoms with van der Waals surface area (Å²) in [4.78, 5) is 31.8. The third-order valence-electron chi connectivity index (χ3n) is 6.29. The number of piperidine rings is 1. The zero-order valence-electron chi connectivity index (χ0n) is 17.3. The van der Waals surface area contributed by atoms with Gasteiger partial charge in [-0.2, -0.15) is 0 Å². The van der Waals surface area contributed by atoms with Crippen molar-refractivity contribution in [2.75, 3.05) is 13.1 Å². The molecule has 1 aliphatic carbocycles. The number of nitrogens with zero attached hydrogens (tertiary/aromatic N) is 2. The molecule has 2 aromatic rings. The van der Waals surface area contributed by atoms with Gasteiger partial charge in [0.15, 0.2) is 0 Å². The Kier molecular flexibility index (Phi) is 6.74. The van der Waals surface area contributed by atoms with Gasteiger partial charge in [0, 0.05) is 49.7 Å². The highest BCUT2D eigenvalue weighted by molar-refractivity contribution is 5.94. The van der Waals surface area contributed by atoms with Crippen LogP contribution in [0.4, 0.5) is 0 Å². The van der Waals surface area contributed by atoms with Crippen LogP contribution in [0, 0.1) is 5.92 Å². The summed E-state index contributed by atoms with van der Waals surface area (Å²) < 4.78 is 0. The van der Waals surface area contributed by atoms with Crippen molar-refractivity contribution in [2.24, 2.45) is 5.92 Å². The fourth-order valence-corrected chi connectivity index (χ4v) is 4.59. The van der Waals surface area contributed by atoms with E-state index in [0.717, 1.165) is 51.7 Å². The molecule has 1 aliphatic heterocycles. The molecule has 1 aromatic heterocycles. The fraction of sp³-hybridized carbons (Fsp3) is 0.458. The summed E-state index contributed by atoms with van der Waals surface area (Å²) in [6, 6.07) is 14.0. The second-order valence-corrected chi connectivity index (χ2v) is 8.40. The largest absolute Gasteiger partial charge is 0.353 e. The minimum absolute atomic E-state index is 0.0917. The number of amides is 2. The number of hydrogen-bond acceptors (Lipinski definition) is 4. The molecule has 1 aromatic carbocycles. The molecule has 6 heteroatoms. The van der Waals surface area contributed by atoms with Crippen LogP contribution < -0.4 is 10.6 Å². The molecule has 30 heavy (non-hydrogen) atoms. The summed E-state index contributed by atoms with van der Waals surface area (Å²) in [5.41, 5.74) is 1.92. The summed E-state index contributed by atoms with van der Waals surface area (Å²) in [5, 5.41) is 6.32. The lowest BCUT2D eigenvalue weighted by Gasteiger charge is -2.33. The third-order valence-corrected chi connectivity index (χ3v) is 6.29. The van der Waals surface area contributed by atoms with E-state index in [1.165, 1.54) is 5.56 Å². The molecule has 0 radical (unpaired) electrons. The van der Waals surface area contributed by atoms with Gasteiger partial charge in [-0.3, -0.25) is 19.5 Å². The molecule has 158 valence electrons. The minimum atomic E-state index is -0.141. The number of pyridine rings is 1. The van der Waals surface area contributed by atoms with E-state index < -0.39 is 0 Å². The summed E-state index contributed by atoms with van der Waals surface area (Å²) in [7, 11) is 0. The first-order chi connectivity index (χ1) is 14.7. The lowest BCUT2D eigenvalue weighted by Crippen LogP contribution is -2.49. The van der Waals surface area contributed by atoms with Gasteiger partial charge < -0.3 is 10.6 Å². The summed E-state index contributed by atoms with van der Waals surface area (Å²) >= 11 is 0. The molecule has 2 atom stereocenters. The number of aromatic nitrogens is 1. The Morgan fingerprint density at radius 2 is 1.67 bits per heavy atom. The molecule has 1 saturated carbocycles. The molecule has 0 spiro atoms. The highest BCUT2D eigenvalue weighted by Gasteiger charge is 2.35. The van der Waals surface area contributed by atoms with Crippen molar-refractivity contribution < 1.29 is 9.59 Å². The van der Waals surface area contributed by atoms with Crippen molar-refractivity contribution in [3.8, 4) is 0 Å². The van der Waals surface area contributed by atoms with Crippen molar-refractivity contribution in [1.29, 1.82) is 0 Å². The molecular weight excluding hydrogens is 376 g/mol. The van der Waals surface area contributed by atoms with Gasteiger partial charge in [-0.25, -0.2) is 0 Å². The maximum Gasteiger partial charge on any atom is 0.251 e. The summed E-state index contributed by atoms with van der Waals surface area (Å²) in [6.07, 6.45) is 7.81. The molecule has 2 heterocycles. The van der Waals surface area contributed by atoms with Crippen LogP contribution in [0.15, 0.2) is 54.9 Å². The van der Waals surface area contributed by atoms with Crippen molar-refractivity contribution in [3.05, 3.63) is 66.0 Å². The number of benzene rings is 1. The zero-order valence-corrected chi connectivity index (χ0v) is 17.3. The van der Waals surface area contributed by atoms with Gasteiger partial charge in [-0.15, -0.1) is 0 Å². The zero-order chi connectivity index (χ0) is 20.8. The SMILES string of the molecule is O=C(N[C@@H]1CCC[C@@H]1C(=O)NC1CCN(Cc2ccccc2)CC1)c1ccncc1. The lowest BCUT2D eigenvalue weighted by atomic mass is 9.99. The monoisotopic (exact) mass is 406 g/mol. The number of carbonyl (C=O) groups is 2. The van der Waals surface area contributed by atoms with Crippen molar-refractivity contribution in [1.82, 2.24) is 20.5 Å². The van der Waals surface area contributed by atoms with Gasteiger partial charge in [0.25, 0.3) is 5.91 Å². The van der Waals surface area contributed by atoms with Crippen LogP contribution in [-0.4, -0.2) is 46.9 Å². The van der Waals surface area contributed by atoms with E-state index in [2.05, 4.69) is 44.8 Å². The number of nitrogens with one attached hydrogen (secondary N) is 2. The molecule has 6 nitrogen and oxygen atoms in total. The van der Waals surface area contributed by atoms with Gasteiger partial charge in [0.2, 0.25) is 5.91 Å². The van der Waals surface area contributed by atoms with E-state index in [1.54, 1.807) is 24.5 Å². The quantitative estimate of drug-likeness (QED) is 0.774. The van der Waals surface area contributed by atoms with Crippen LogP contribution in [0.3, 0.4) is 0 Å². The van der Waals surface area contributed by atoms with Crippen LogP contribution in [-0.2, 0) is 11.3 Å². The van der Waals surface area contributed by atoms with Crippen LogP contribution in [0.1, 0.15) is 48.0 Å². The third kappa shape index (κ3) is 5.25. The minimum Gasteiger partial charge on any atom is -0.353 e. The van der Waals surface area contributed by atoms with Gasteiger partial charge in [0.05, 0.1) is 5.92 Å². The molecule has 0 bridgehead atoms. The fourth-order valence-electron chi connectivity index (χ4n) is 4.59. The molecule has 1 saturated heterocycles. The van der Waals surface area contributed by atoms with Crippen LogP contribution >= 0.6 is 0 Å². The second-order valence-electron chi connectivity index (χ2n) is 8.40. The maximum absolute atomic E-state index is 12.9. The Balaban J connectivity index is 1.25. The number of rotatable bonds is 6. The molecule has 4 rings (SSSR count). The Hall–Kier alpha value is -2.73. The Morgan fingerprint density at radius 1 is 0.933 bits per heavy atom. The first-order valence-electron chi connectivity index (χ1n) is 11.0. The van der Waals surface area contributed by atoms with Crippen molar-refractivity contribution >= 4 is 11.8 Å². The molecule has 0 unspecified atom stereocenters. The topological polar surface area (TPSA) is 74.3 Å². The molecular formula is C24H30N4O2.